The first-order valence-corrected chi connectivity index (χ1v) is 6.26. The summed E-state index contributed by atoms with van der Waals surface area (Å²) in [5.41, 5.74) is 2.08. The molecule has 3 rings (SSSR count). The maximum atomic E-state index is 11.8. The van der Waals surface area contributed by atoms with Gasteiger partial charge in [-0.3, -0.25) is 4.79 Å². The molecule has 2 nitrogen and oxygen atoms in total. The van der Waals surface area contributed by atoms with E-state index in [4.69, 9.17) is 11.6 Å². The number of halogens is 1. The van der Waals surface area contributed by atoms with Crippen molar-refractivity contribution >= 4 is 23.2 Å². The zero-order chi connectivity index (χ0) is 12.5. The number of rotatable bonds is 2. The van der Waals surface area contributed by atoms with Crippen molar-refractivity contribution in [2.24, 2.45) is 0 Å². The van der Waals surface area contributed by atoms with Crippen molar-refractivity contribution in [1.82, 2.24) is 0 Å². The van der Waals surface area contributed by atoms with Crippen molar-refractivity contribution in [3.05, 3.63) is 65.2 Å². The van der Waals surface area contributed by atoms with Gasteiger partial charge in [-0.1, -0.05) is 41.9 Å². The third kappa shape index (κ3) is 1.89. The summed E-state index contributed by atoms with van der Waals surface area (Å²) in [4.78, 5) is 13.6. The normalized spacial score (nSPS) is 18.6. The SMILES string of the molecule is O=C1CC(c2ccccc2)N1c1ccc(Cl)cc1. The van der Waals surface area contributed by atoms with E-state index in [1.165, 1.54) is 5.56 Å². The highest BCUT2D eigenvalue weighted by Crippen LogP contribution is 2.38. The number of carbonyl (C=O) groups excluding carboxylic acids is 1. The molecule has 18 heavy (non-hydrogen) atoms. The quantitative estimate of drug-likeness (QED) is 0.749. The Kier molecular flexibility index (Phi) is 2.80. The van der Waals surface area contributed by atoms with E-state index in [1.54, 1.807) is 0 Å². The zero-order valence-corrected chi connectivity index (χ0v) is 10.5. The van der Waals surface area contributed by atoms with Gasteiger partial charge in [0.1, 0.15) is 0 Å². The van der Waals surface area contributed by atoms with Crippen LogP contribution in [-0.2, 0) is 4.79 Å². The molecule has 3 heteroatoms. The summed E-state index contributed by atoms with van der Waals surface area (Å²) in [7, 11) is 0. The molecule has 1 atom stereocenters. The lowest BCUT2D eigenvalue weighted by atomic mass is 9.93. The molecule has 1 amide bonds. The number of benzene rings is 2. The van der Waals surface area contributed by atoms with E-state index in [-0.39, 0.29) is 11.9 Å². The van der Waals surface area contributed by atoms with Gasteiger partial charge >= 0.3 is 0 Å². The predicted molar refractivity (Wildman–Crippen MR) is 72.7 cm³/mol. The van der Waals surface area contributed by atoms with Crippen LogP contribution in [0.4, 0.5) is 5.69 Å². The lowest BCUT2D eigenvalue weighted by molar-refractivity contribution is -0.124. The summed E-state index contributed by atoms with van der Waals surface area (Å²) in [6.45, 7) is 0. The highest BCUT2D eigenvalue weighted by atomic mass is 35.5. The highest BCUT2D eigenvalue weighted by Gasteiger charge is 2.37. The molecule has 1 aliphatic heterocycles. The van der Waals surface area contributed by atoms with Crippen molar-refractivity contribution in [1.29, 1.82) is 0 Å². The summed E-state index contributed by atoms with van der Waals surface area (Å²) < 4.78 is 0. The van der Waals surface area contributed by atoms with Crippen molar-refractivity contribution < 1.29 is 4.79 Å². The van der Waals surface area contributed by atoms with Crippen LogP contribution in [0, 0.1) is 0 Å². The first kappa shape index (κ1) is 11.3. The molecule has 2 aromatic rings. The summed E-state index contributed by atoms with van der Waals surface area (Å²) in [5.74, 6) is 0.158. The zero-order valence-electron chi connectivity index (χ0n) is 9.71. The van der Waals surface area contributed by atoms with Gasteiger partial charge in [0.2, 0.25) is 5.91 Å². The standard InChI is InChI=1S/C15H12ClNO/c16-12-6-8-13(9-7-12)17-14(10-15(17)18)11-4-2-1-3-5-11/h1-9,14H,10H2. The van der Waals surface area contributed by atoms with Gasteiger partial charge in [0, 0.05) is 10.7 Å². The summed E-state index contributed by atoms with van der Waals surface area (Å²) >= 11 is 5.86. The Labute approximate surface area is 111 Å². The van der Waals surface area contributed by atoms with Crippen LogP contribution >= 0.6 is 11.6 Å². The van der Waals surface area contributed by atoms with E-state index in [1.807, 2.05) is 47.4 Å². The predicted octanol–water partition coefficient (Wildman–Crippen LogP) is 3.82. The second kappa shape index (κ2) is 4.46. The number of amides is 1. The lowest BCUT2D eigenvalue weighted by Gasteiger charge is -2.40. The lowest BCUT2D eigenvalue weighted by Crippen LogP contribution is -2.46. The first-order chi connectivity index (χ1) is 8.75. The van der Waals surface area contributed by atoms with Gasteiger partial charge in [0.25, 0.3) is 0 Å². The highest BCUT2D eigenvalue weighted by molar-refractivity contribution is 6.30. The second-order valence-electron chi connectivity index (χ2n) is 4.37. The van der Waals surface area contributed by atoms with Crippen LogP contribution in [0.3, 0.4) is 0 Å². The average molecular weight is 258 g/mol. The van der Waals surface area contributed by atoms with Gasteiger partial charge in [0.15, 0.2) is 0 Å². The van der Waals surface area contributed by atoms with Crippen LogP contribution in [0.2, 0.25) is 5.02 Å². The van der Waals surface area contributed by atoms with E-state index < -0.39 is 0 Å². The molecular weight excluding hydrogens is 246 g/mol. The van der Waals surface area contributed by atoms with Crippen LogP contribution in [0.25, 0.3) is 0 Å². The molecule has 1 heterocycles. The Morgan fingerprint density at radius 3 is 2.28 bits per heavy atom. The minimum atomic E-state index is 0.153. The summed E-state index contributed by atoms with van der Waals surface area (Å²) in [6.07, 6.45) is 0.576. The molecule has 1 saturated heterocycles. The van der Waals surface area contributed by atoms with Crippen LogP contribution < -0.4 is 4.90 Å². The molecule has 0 aliphatic carbocycles. The van der Waals surface area contributed by atoms with E-state index >= 15 is 0 Å². The molecule has 0 N–H and O–H groups in total. The largest absolute Gasteiger partial charge is 0.304 e. The Bertz CT molecular complexity index is 565. The van der Waals surface area contributed by atoms with E-state index in [9.17, 15) is 4.79 Å². The molecule has 2 aromatic carbocycles. The monoisotopic (exact) mass is 257 g/mol. The number of carbonyl (C=O) groups is 1. The van der Waals surface area contributed by atoms with Crippen molar-refractivity contribution in [3.63, 3.8) is 0 Å². The van der Waals surface area contributed by atoms with Gasteiger partial charge in [0.05, 0.1) is 12.5 Å². The Balaban J connectivity index is 1.91. The third-order valence-electron chi connectivity index (χ3n) is 3.24. The number of hydrogen-bond donors (Lipinski definition) is 0. The van der Waals surface area contributed by atoms with Crippen molar-refractivity contribution in [3.8, 4) is 0 Å². The molecule has 0 saturated carbocycles. The number of nitrogens with zero attached hydrogens (tertiary/aromatic N) is 1. The molecule has 1 aliphatic rings. The number of anilines is 1. The Morgan fingerprint density at radius 2 is 1.67 bits per heavy atom. The van der Waals surface area contributed by atoms with Crippen LogP contribution in [0.5, 0.6) is 0 Å². The number of β-lactam (4-membered cyclic amide) rings is 1. The average Bonchev–Trinajstić information content (AvgIpc) is 2.39. The molecule has 0 radical (unpaired) electrons. The summed E-state index contributed by atoms with van der Waals surface area (Å²) in [6, 6.07) is 17.6. The molecule has 1 fully saturated rings. The van der Waals surface area contributed by atoms with Crippen molar-refractivity contribution in [2.75, 3.05) is 4.90 Å². The van der Waals surface area contributed by atoms with Crippen molar-refractivity contribution in [2.45, 2.75) is 12.5 Å². The van der Waals surface area contributed by atoms with Crippen LogP contribution in [0.1, 0.15) is 18.0 Å². The topological polar surface area (TPSA) is 20.3 Å². The molecule has 0 bridgehead atoms. The van der Waals surface area contributed by atoms with E-state index in [2.05, 4.69) is 12.1 Å². The fourth-order valence-corrected chi connectivity index (χ4v) is 2.41. The van der Waals surface area contributed by atoms with Gasteiger partial charge < -0.3 is 4.90 Å². The first-order valence-electron chi connectivity index (χ1n) is 5.88. The smallest absolute Gasteiger partial charge is 0.230 e. The Morgan fingerprint density at radius 1 is 1.00 bits per heavy atom. The fraction of sp³-hybridized carbons (Fsp3) is 0.133. The molecule has 0 aromatic heterocycles. The van der Waals surface area contributed by atoms with E-state index in [0.29, 0.717) is 11.4 Å². The number of hydrogen-bond acceptors (Lipinski definition) is 1. The molecule has 90 valence electrons. The van der Waals surface area contributed by atoms with E-state index in [0.717, 1.165) is 5.69 Å². The van der Waals surface area contributed by atoms with Gasteiger partial charge in [-0.2, -0.15) is 0 Å². The summed E-state index contributed by atoms with van der Waals surface area (Å²) in [5, 5.41) is 0.683. The minimum absolute atomic E-state index is 0.153. The molecular formula is C15H12ClNO. The Hall–Kier alpha value is -1.80. The van der Waals surface area contributed by atoms with Gasteiger partial charge in [-0.25, -0.2) is 0 Å². The maximum Gasteiger partial charge on any atom is 0.230 e. The molecule has 0 spiro atoms. The third-order valence-corrected chi connectivity index (χ3v) is 3.49. The fourth-order valence-electron chi connectivity index (χ4n) is 2.28. The van der Waals surface area contributed by atoms with Crippen LogP contribution in [0.15, 0.2) is 54.6 Å². The van der Waals surface area contributed by atoms with Gasteiger partial charge in [-0.15, -0.1) is 0 Å². The minimum Gasteiger partial charge on any atom is -0.304 e. The maximum absolute atomic E-state index is 11.8. The van der Waals surface area contributed by atoms with Gasteiger partial charge in [-0.05, 0) is 29.8 Å². The second-order valence-corrected chi connectivity index (χ2v) is 4.81. The molecule has 1 unspecified atom stereocenters. The van der Waals surface area contributed by atoms with Crippen LogP contribution in [-0.4, -0.2) is 5.91 Å².